The predicted molar refractivity (Wildman–Crippen MR) is 94.6 cm³/mol. The molecule has 2 aliphatic heterocycles. The maximum atomic E-state index is 9.56. The Labute approximate surface area is 147 Å². The molecular weight excluding hydrogens is 314 g/mol. The van der Waals surface area contributed by atoms with Gasteiger partial charge in [-0.3, -0.25) is 0 Å². The van der Waals surface area contributed by atoms with Crippen LogP contribution >= 0.6 is 0 Å². The average molecular weight is 335 g/mol. The van der Waals surface area contributed by atoms with Gasteiger partial charge in [0.05, 0.1) is 31.0 Å². The highest BCUT2D eigenvalue weighted by atomic mass is 16.5. The molecule has 2 aromatic rings. The first-order valence-electron chi connectivity index (χ1n) is 8.81. The number of fused-ring (bicyclic) bond motifs is 1. The molecule has 1 saturated heterocycles. The molecule has 0 bridgehead atoms. The second-order valence-electron chi connectivity index (χ2n) is 6.52. The Kier molecular flexibility index (Phi) is 4.53. The molecule has 0 aliphatic carbocycles. The molecule has 1 atom stereocenters. The number of hydrogen-bond donors (Lipinski definition) is 0. The topological polar surface area (TPSA) is 58.4 Å². The van der Waals surface area contributed by atoms with Gasteiger partial charge in [-0.05, 0) is 31.0 Å². The van der Waals surface area contributed by atoms with E-state index in [9.17, 15) is 5.26 Å². The van der Waals surface area contributed by atoms with E-state index in [1.165, 1.54) is 0 Å². The molecule has 0 N–H and O–H groups in total. The molecule has 0 unspecified atom stereocenters. The van der Waals surface area contributed by atoms with Crippen molar-refractivity contribution in [2.24, 2.45) is 0 Å². The van der Waals surface area contributed by atoms with Crippen molar-refractivity contribution in [1.29, 1.82) is 5.26 Å². The summed E-state index contributed by atoms with van der Waals surface area (Å²) in [5, 5.41) is 9.56. The highest BCUT2D eigenvalue weighted by Crippen LogP contribution is 2.27. The van der Waals surface area contributed by atoms with Crippen molar-refractivity contribution in [2.75, 3.05) is 24.6 Å². The highest BCUT2D eigenvalue weighted by molar-refractivity contribution is 5.56. The molecule has 1 fully saturated rings. The number of ether oxygens (including phenoxy) is 2. The van der Waals surface area contributed by atoms with Gasteiger partial charge in [0.15, 0.2) is 0 Å². The Morgan fingerprint density at radius 1 is 1.28 bits per heavy atom. The van der Waals surface area contributed by atoms with Crippen molar-refractivity contribution in [3.63, 3.8) is 0 Å². The SMILES string of the molecule is N#Cc1cc2c(nc1N1CCC[C@H](Oc3ccccc3)C1)CCOC2. The van der Waals surface area contributed by atoms with Gasteiger partial charge >= 0.3 is 0 Å². The molecule has 0 radical (unpaired) electrons. The van der Waals surface area contributed by atoms with E-state index in [-0.39, 0.29) is 6.10 Å². The molecule has 25 heavy (non-hydrogen) atoms. The number of hydrogen-bond acceptors (Lipinski definition) is 5. The number of rotatable bonds is 3. The van der Waals surface area contributed by atoms with Gasteiger partial charge in [-0.25, -0.2) is 4.98 Å². The highest BCUT2D eigenvalue weighted by Gasteiger charge is 2.26. The number of benzene rings is 1. The lowest BCUT2D eigenvalue weighted by Crippen LogP contribution is -2.42. The third kappa shape index (κ3) is 3.45. The van der Waals surface area contributed by atoms with Crippen LogP contribution in [0.5, 0.6) is 5.75 Å². The second kappa shape index (κ2) is 7.12. The summed E-state index contributed by atoms with van der Waals surface area (Å²) in [6.45, 7) is 2.92. The van der Waals surface area contributed by atoms with E-state index in [1.807, 2.05) is 36.4 Å². The van der Waals surface area contributed by atoms with Crippen LogP contribution in [0.4, 0.5) is 5.82 Å². The summed E-state index contributed by atoms with van der Waals surface area (Å²) in [6, 6.07) is 14.2. The zero-order chi connectivity index (χ0) is 17.1. The quantitative estimate of drug-likeness (QED) is 0.863. The Morgan fingerprint density at radius 3 is 3.00 bits per heavy atom. The minimum absolute atomic E-state index is 0.115. The summed E-state index contributed by atoms with van der Waals surface area (Å²) < 4.78 is 11.6. The zero-order valence-electron chi connectivity index (χ0n) is 14.1. The molecule has 0 spiro atoms. The van der Waals surface area contributed by atoms with Gasteiger partial charge in [-0.2, -0.15) is 5.26 Å². The van der Waals surface area contributed by atoms with E-state index in [0.717, 1.165) is 55.2 Å². The molecule has 0 saturated carbocycles. The summed E-state index contributed by atoms with van der Waals surface area (Å²) in [5.41, 5.74) is 2.73. The number of anilines is 1. The van der Waals surface area contributed by atoms with Crippen LogP contribution < -0.4 is 9.64 Å². The molecular formula is C20H21N3O2. The number of nitriles is 1. The van der Waals surface area contributed by atoms with Gasteiger partial charge in [0.25, 0.3) is 0 Å². The van der Waals surface area contributed by atoms with Gasteiger partial charge < -0.3 is 14.4 Å². The number of nitrogens with zero attached hydrogens (tertiary/aromatic N) is 3. The number of piperidine rings is 1. The van der Waals surface area contributed by atoms with Gasteiger partial charge in [-0.1, -0.05) is 18.2 Å². The fourth-order valence-corrected chi connectivity index (χ4v) is 3.52. The maximum absolute atomic E-state index is 9.56. The van der Waals surface area contributed by atoms with Crippen LogP contribution in [0.15, 0.2) is 36.4 Å². The molecule has 1 aromatic carbocycles. The largest absolute Gasteiger partial charge is 0.489 e. The van der Waals surface area contributed by atoms with Crippen LogP contribution in [-0.2, 0) is 17.8 Å². The fourth-order valence-electron chi connectivity index (χ4n) is 3.52. The van der Waals surface area contributed by atoms with E-state index < -0.39 is 0 Å². The maximum Gasteiger partial charge on any atom is 0.146 e. The Balaban J connectivity index is 1.56. The summed E-state index contributed by atoms with van der Waals surface area (Å²) >= 11 is 0. The standard InChI is InChI=1S/C20H21N3O2/c21-12-15-11-16-14-24-10-8-19(16)22-20(15)23-9-4-7-18(13-23)25-17-5-2-1-3-6-17/h1-3,5-6,11,18H,4,7-10,13-14H2/t18-/m0/s1. The van der Waals surface area contributed by atoms with Gasteiger partial charge in [-0.15, -0.1) is 0 Å². The first-order chi connectivity index (χ1) is 12.3. The lowest BCUT2D eigenvalue weighted by molar-refractivity contribution is 0.109. The van der Waals surface area contributed by atoms with E-state index in [1.54, 1.807) is 0 Å². The van der Waals surface area contributed by atoms with Crippen molar-refractivity contribution in [3.8, 4) is 11.8 Å². The van der Waals surface area contributed by atoms with E-state index >= 15 is 0 Å². The van der Waals surface area contributed by atoms with Crippen molar-refractivity contribution < 1.29 is 9.47 Å². The number of pyridine rings is 1. The van der Waals surface area contributed by atoms with Crippen LogP contribution in [0.3, 0.4) is 0 Å². The molecule has 2 aliphatic rings. The molecule has 0 amide bonds. The van der Waals surface area contributed by atoms with Crippen molar-refractivity contribution in [1.82, 2.24) is 4.98 Å². The van der Waals surface area contributed by atoms with Crippen molar-refractivity contribution >= 4 is 5.82 Å². The smallest absolute Gasteiger partial charge is 0.146 e. The van der Waals surface area contributed by atoms with E-state index in [2.05, 4.69) is 11.0 Å². The van der Waals surface area contributed by atoms with Crippen LogP contribution in [0.1, 0.15) is 29.7 Å². The molecule has 5 heteroatoms. The zero-order valence-corrected chi connectivity index (χ0v) is 14.1. The minimum Gasteiger partial charge on any atom is -0.489 e. The second-order valence-corrected chi connectivity index (χ2v) is 6.52. The first-order valence-corrected chi connectivity index (χ1v) is 8.81. The summed E-state index contributed by atoms with van der Waals surface area (Å²) in [5.74, 6) is 1.69. The van der Waals surface area contributed by atoms with Crippen LogP contribution in [0.25, 0.3) is 0 Å². The summed E-state index contributed by atoms with van der Waals surface area (Å²) in [6.07, 6.45) is 2.98. The van der Waals surface area contributed by atoms with E-state index in [4.69, 9.17) is 14.5 Å². The first kappa shape index (κ1) is 15.9. The monoisotopic (exact) mass is 335 g/mol. The third-order valence-electron chi connectivity index (χ3n) is 4.76. The lowest BCUT2D eigenvalue weighted by atomic mass is 10.0. The Morgan fingerprint density at radius 2 is 2.16 bits per heavy atom. The normalized spacial score (nSPS) is 19.8. The molecule has 3 heterocycles. The molecule has 5 nitrogen and oxygen atoms in total. The van der Waals surface area contributed by atoms with Gasteiger partial charge in [0.2, 0.25) is 0 Å². The van der Waals surface area contributed by atoms with Crippen molar-refractivity contribution in [2.45, 2.75) is 32.0 Å². The Bertz CT molecular complexity index is 786. The average Bonchev–Trinajstić information content (AvgIpc) is 2.68. The van der Waals surface area contributed by atoms with Gasteiger partial charge in [0.1, 0.15) is 23.7 Å². The van der Waals surface area contributed by atoms with Crippen LogP contribution in [0, 0.1) is 11.3 Å². The summed E-state index contributed by atoms with van der Waals surface area (Å²) in [4.78, 5) is 7.02. The third-order valence-corrected chi connectivity index (χ3v) is 4.76. The fraction of sp³-hybridized carbons (Fsp3) is 0.400. The number of aromatic nitrogens is 1. The molecule has 4 rings (SSSR count). The van der Waals surface area contributed by atoms with Crippen LogP contribution in [0.2, 0.25) is 0 Å². The Hall–Kier alpha value is -2.58. The molecule has 1 aromatic heterocycles. The number of para-hydroxylation sites is 1. The predicted octanol–water partition coefficient (Wildman–Crippen LogP) is 3.07. The lowest BCUT2D eigenvalue weighted by Gasteiger charge is -2.34. The summed E-state index contributed by atoms with van der Waals surface area (Å²) in [7, 11) is 0. The van der Waals surface area contributed by atoms with Crippen molar-refractivity contribution in [3.05, 3.63) is 53.2 Å². The van der Waals surface area contributed by atoms with Crippen LogP contribution in [-0.4, -0.2) is 30.8 Å². The van der Waals surface area contributed by atoms with Gasteiger partial charge in [0, 0.05) is 18.5 Å². The minimum atomic E-state index is 0.115. The molecule has 128 valence electrons. The van der Waals surface area contributed by atoms with E-state index in [0.29, 0.717) is 18.8 Å².